The summed E-state index contributed by atoms with van der Waals surface area (Å²) in [5.74, 6) is 0.330. The summed E-state index contributed by atoms with van der Waals surface area (Å²) in [6.07, 6.45) is -1.27. The number of ether oxygens (including phenoxy) is 1. The molecular formula is C15H25N3O6. The Morgan fingerprint density at radius 2 is 2.08 bits per heavy atom. The van der Waals surface area contributed by atoms with Gasteiger partial charge in [-0.25, -0.2) is 4.79 Å². The van der Waals surface area contributed by atoms with Gasteiger partial charge in [-0.3, -0.25) is 4.57 Å². The Labute approximate surface area is 139 Å². The Kier molecular flexibility index (Phi) is 6.30. The minimum absolute atomic E-state index is 0.110. The van der Waals surface area contributed by atoms with Crippen LogP contribution in [0.25, 0.3) is 0 Å². The lowest BCUT2D eigenvalue weighted by atomic mass is 9.98. The molecule has 9 heteroatoms. The molecule has 5 atom stereocenters. The van der Waals surface area contributed by atoms with Crippen molar-refractivity contribution in [2.24, 2.45) is 5.92 Å². The van der Waals surface area contributed by atoms with Gasteiger partial charge in [0.05, 0.1) is 6.61 Å². The van der Waals surface area contributed by atoms with Crippen molar-refractivity contribution in [3.8, 4) is 0 Å². The second-order valence-corrected chi connectivity index (χ2v) is 6.25. The molecule has 0 amide bonds. The van der Waals surface area contributed by atoms with Crippen LogP contribution >= 0.6 is 0 Å². The van der Waals surface area contributed by atoms with Crippen LogP contribution in [-0.4, -0.2) is 61.5 Å². The van der Waals surface area contributed by atoms with Gasteiger partial charge < -0.3 is 30.9 Å². The number of aromatic nitrogens is 2. The number of anilines is 1. The van der Waals surface area contributed by atoms with Gasteiger partial charge in [-0.15, -0.1) is 0 Å². The van der Waals surface area contributed by atoms with E-state index >= 15 is 0 Å². The highest BCUT2D eigenvalue weighted by molar-refractivity contribution is 5.37. The van der Waals surface area contributed by atoms with Crippen molar-refractivity contribution in [3.63, 3.8) is 0 Å². The maximum atomic E-state index is 12.1. The lowest BCUT2D eigenvalue weighted by molar-refractivity contribution is -0.0550. The summed E-state index contributed by atoms with van der Waals surface area (Å²) < 4.78 is 6.46. The molecule has 1 aromatic heterocycles. The summed E-state index contributed by atoms with van der Waals surface area (Å²) >= 11 is 0. The molecule has 1 unspecified atom stereocenters. The fraction of sp³-hybridized carbons (Fsp3) is 0.733. The van der Waals surface area contributed by atoms with Gasteiger partial charge in [0.2, 0.25) is 0 Å². The molecule has 0 aliphatic carbocycles. The van der Waals surface area contributed by atoms with Crippen molar-refractivity contribution in [1.82, 2.24) is 9.55 Å². The Hall–Kier alpha value is -1.52. The lowest BCUT2D eigenvalue weighted by Gasteiger charge is -2.19. The predicted molar refractivity (Wildman–Crippen MR) is 85.1 cm³/mol. The third kappa shape index (κ3) is 3.93. The molecule has 0 saturated carbocycles. The fourth-order valence-corrected chi connectivity index (χ4v) is 2.89. The van der Waals surface area contributed by atoms with Crippen LogP contribution in [0.1, 0.15) is 31.6 Å². The summed E-state index contributed by atoms with van der Waals surface area (Å²) in [5, 5.41) is 37.9. The van der Waals surface area contributed by atoms with E-state index in [1.807, 2.05) is 6.92 Å². The molecule has 1 aliphatic heterocycles. The third-order valence-electron chi connectivity index (χ3n) is 4.28. The van der Waals surface area contributed by atoms with E-state index in [2.05, 4.69) is 4.98 Å². The van der Waals surface area contributed by atoms with Gasteiger partial charge in [0.25, 0.3) is 0 Å². The standard InChI is InChI=1S/C15H25N3O6/c1-8(3-2-4-19)5-9-6-18(15(23)17-13(9)16)14-12(22)11(21)10(7-20)24-14/h6,8,10-12,14,19-22H,2-5,7H2,1H3,(H2,16,17,23)/t8?,10-,11-,12-,14-/m1/s1. The van der Waals surface area contributed by atoms with Crippen LogP contribution in [0.2, 0.25) is 0 Å². The molecule has 24 heavy (non-hydrogen) atoms. The molecule has 1 saturated heterocycles. The monoisotopic (exact) mass is 343 g/mol. The van der Waals surface area contributed by atoms with Gasteiger partial charge in [-0.2, -0.15) is 4.98 Å². The van der Waals surface area contributed by atoms with E-state index in [0.717, 1.165) is 11.0 Å². The number of aliphatic hydroxyl groups excluding tert-OH is 4. The molecule has 1 aliphatic rings. The van der Waals surface area contributed by atoms with Crippen LogP contribution in [-0.2, 0) is 11.2 Å². The SMILES string of the molecule is CC(CCCO)Cc1cn([C@@H]2O[C@H](CO)[C@@H](O)[C@H]2O)c(=O)nc1N. The van der Waals surface area contributed by atoms with Crippen LogP contribution in [0.15, 0.2) is 11.0 Å². The maximum Gasteiger partial charge on any atom is 0.351 e. The molecule has 6 N–H and O–H groups in total. The summed E-state index contributed by atoms with van der Waals surface area (Å²) in [5.41, 5.74) is 5.74. The second-order valence-electron chi connectivity index (χ2n) is 6.25. The Bertz CT molecular complexity index is 607. The van der Waals surface area contributed by atoms with Gasteiger partial charge in [-0.05, 0) is 25.2 Å². The number of rotatable bonds is 7. The normalized spacial score (nSPS) is 28.2. The number of aliphatic hydroxyl groups is 4. The van der Waals surface area contributed by atoms with Gasteiger partial charge >= 0.3 is 5.69 Å². The third-order valence-corrected chi connectivity index (χ3v) is 4.28. The molecule has 0 spiro atoms. The first-order chi connectivity index (χ1) is 11.4. The second kappa shape index (κ2) is 8.04. The molecule has 136 valence electrons. The van der Waals surface area contributed by atoms with E-state index in [4.69, 9.17) is 20.7 Å². The van der Waals surface area contributed by atoms with E-state index < -0.39 is 36.8 Å². The molecule has 0 bridgehead atoms. The Balaban J connectivity index is 2.25. The molecule has 2 heterocycles. The van der Waals surface area contributed by atoms with E-state index in [9.17, 15) is 15.0 Å². The first kappa shape index (κ1) is 18.8. The zero-order valence-corrected chi connectivity index (χ0v) is 13.6. The van der Waals surface area contributed by atoms with Crippen molar-refractivity contribution in [3.05, 3.63) is 22.2 Å². The number of nitrogens with zero attached hydrogens (tertiary/aromatic N) is 2. The lowest BCUT2D eigenvalue weighted by Crippen LogP contribution is -2.36. The smallest absolute Gasteiger partial charge is 0.351 e. The van der Waals surface area contributed by atoms with E-state index in [1.165, 1.54) is 6.20 Å². The summed E-state index contributed by atoms with van der Waals surface area (Å²) in [6.45, 7) is 1.63. The van der Waals surface area contributed by atoms with Crippen LogP contribution in [0.3, 0.4) is 0 Å². The average Bonchev–Trinajstić information content (AvgIpc) is 2.83. The summed E-state index contributed by atoms with van der Waals surface area (Å²) in [6, 6.07) is 0. The maximum absolute atomic E-state index is 12.1. The molecule has 1 fully saturated rings. The number of hydrogen-bond acceptors (Lipinski definition) is 8. The largest absolute Gasteiger partial charge is 0.396 e. The average molecular weight is 343 g/mol. The Morgan fingerprint density at radius 1 is 1.38 bits per heavy atom. The van der Waals surface area contributed by atoms with E-state index in [-0.39, 0.29) is 18.3 Å². The Morgan fingerprint density at radius 3 is 2.67 bits per heavy atom. The zero-order chi connectivity index (χ0) is 17.9. The number of nitrogen functional groups attached to an aromatic ring is 1. The van der Waals surface area contributed by atoms with Crippen molar-refractivity contribution in [2.75, 3.05) is 18.9 Å². The van der Waals surface area contributed by atoms with Crippen molar-refractivity contribution < 1.29 is 25.2 Å². The van der Waals surface area contributed by atoms with E-state index in [0.29, 0.717) is 18.4 Å². The van der Waals surface area contributed by atoms with Gasteiger partial charge in [0, 0.05) is 18.4 Å². The van der Waals surface area contributed by atoms with Crippen molar-refractivity contribution in [1.29, 1.82) is 0 Å². The van der Waals surface area contributed by atoms with Crippen molar-refractivity contribution >= 4 is 5.82 Å². The molecule has 0 radical (unpaired) electrons. The number of nitrogens with two attached hydrogens (primary N) is 1. The minimum atomic E-state index is -1.36. The summed E-state index contributed by atoms with van der Waals surface area (Å²) in [4.78, 5) is 15.9. The predicted octanol–water partition coefficient (Wildman–Crippen LogP) is -1.61. The van der Waals surface area contributed by atoms with Crippen LogP contribution in [0.4, 0.5) is 5.82 Å². The van der Waals surface area contributed by atoms with E-state index in [1.54, 1.807) is 0 Å². The van der Waals surface area contributed by atoms with Crippen LogP contribution < -0.4 is 11.4 Å². The molecule has 1 aromatic rings. The van der Waals surface area contributed by atoms with Gasteiger partial charge in [0.1, 0.15) is 24.1 Å². The van der Waals surface area contributed by atoms with Gasteiger partial charge in [-0.1, -0.05) is 6.92 Å². The minimum Gasteiger partial charge on any atom is -0.396 e. The zero-order valence-electron chi connectivity index (χ0n) is 13.6. The quantitative estimate of drug-likeness (QED) is 0.396. The molecule has 0 aromatic carbocycles. The van der Waals surface area contributed by atoms with Crippen LogP contribution in [0.5, 0.6) is 0 Å². The highest BCUT2D eigenvalue weighted by atomic mass is 16.6. The van der Waals surface area contributed by atoms with Crippen LogP contribution in [0, 0.1) is 5.92 Å². The van der Waals surface area contributed by atoms with Crippen molar-refractivity contribution in [2.45, 2.75) is 50.7 Å². The highest BCUT2D eigenvalue weighted by Crippen LogP contribution is 2.29. The number of hydrogen-bond donors (Lipinski definition) is 5. The highest BCUT2D eigenvalue weighted by Gasteiger charge is 2.43. The molecule has 9 nitrogen and oxygen atoms in total. The summed E-state index contributed by atoms with van der Waals surface area (Å²) in [7, 11) is 0. The first-order valence-electron chi connectivity index (χ1n) is 7.99. The van der Waals surface area contributed by atoms with Gasteiger partial charge in [0.15, 0.2) is 6.23 Å². The topological polar surface area (TPSA) is 151 Å². The molecular weight excluding hydrogens is 318 g/mol. The fourth-order valence-electron chi connectivity index (χ4n) is 2.89. The molecule has 2 rings (SSSR count). The first-order valence-corrected chi connectivity index (χ1v) is 7.99.